The number of urea groups is 1. The number of nitrogens with one attached hydrogen (secondary N) is 2. The van der Waals surface area contributed by atoms with E-state index in [1.807, 2.05) is 0 Å². The lowest BCUT2D eigenvalue weighted by Crippen LogP contribution is -2.38. The molecule has 21 heavy (non-hydrogen) atoms. The lowest BCUT2D eigenvalue weighted by molar-refractivity contribution is -0.137. The maximum Gasteiger partial charge on any atom is 0.314 e. The van der Waals surface area contributed by atoms with Gasteiger partial charge in [0.1, 0.15) is 0 Å². The summed E-state index contributed by atoms with van der Waals surface area (Å²) in [5.41, 5.74) is 0.0338. The summed E-state index contributed by atoms with van der Waals surface area (Å²) in [5, 5.41) is 14.4. The smallest absolute Gasteiger partial charge is 0.314 e. The van der Waals surface area contributed by atoms with E-state index in [1.54, 1.807) is 7.11 Å². The van der Waals surface area contributed by atoms with Gasteiger partial charge in [-0.15, -0.1) is 0 Å². The van der Waals surface area contributed by atoms with Crippen LogP contribution >= 0.6 is 0 Å². The van der Waals surface area contributed by atoms with E-state index in [9.17, 15) is 9.59 Å². The van der Waals surface area contributed by atoms with Crippen LogP contribution in [-0.4, -0.2) is 43.9 Å². The summed E-state index contributed by atoms with van der Waals surface area (Å²) in [5.74, 6) is -0.504. The van der Waals surface area contributed by atoms with Crippen molar-refractivity contribution >= 4 is 12.0 Å². The van der Waals surface area contributed by atoms with Gasteiger partial charge in [0.25, 0.3) is 0 Å². The number of amides is 2. The molecule has 6 heteroatoms. The zero-order valence-corrected chi connectivity index (χ0v) is 13.7. The maximum absolute atomic E-state index is 11.5. The van der Waals surface area contributed by atoms with Crippen molar-refractivity contribution in [1.82, 2.24) is 10.6 Å². The predicted molar refractivity (Wildman–Crippen MR) is 82.3 cm³/mol. The van der Waals surface area contributed by atoms with Crippen LogP contribution in [0.3, 0.4) is 0 Å². The van der Waals surface area contributed by atoms with Crippen molar-refractivity contribution in [3.05, 3.63) is 0 Å². The van der Waals surface area contributed by atoms with E-state index in [2.05, 4.69) is 31.4 Å². The largest absolute Gasteiger partial charge is 0.481 e. The minimum atomic E-state index is -0.770. The van der Waals surface area contributed by atoms with Gasteiger partial charge < -0.3 is 20.5 Å². The highest BCUT2D eigenvalue weighted by molar-refractivity contribution is 5.73. The molecule has 0 saturated carbocycles. The van der Waals surface area contributed by atoms with Crippen LogP contribution in [0.25, 0.3) is 0 Å². The van der Waals surface area contributed by atoms with Crippen LogP contribution < -0.4 is 10.6 Å². The zero-order valence-electron chi connectivity index (χ0n) is 13.7. The Morgan fingerprint density at radius 1 is 1.14 bits per heavy atom. The first-order chi connectivity index (χ1) is 9.77. The Hall–Kier alpha value is -1.30. The van der Waals surface area contributed by atoms with E-state index in [0.29, 0.717) is 26.1 Å². The van der Waals surface area contributed by atoms with Crippen LogP contribution in [0.5, 0.6) is 0 Å². The van der Waals surface area contributed by atoms with Crippen molar-refractivity contribution < 1.29 is 19.4 Å². The highest BCUT2D eigenvalue weighted by Crippen LogP contribution is 2.32. The van der Waals surface area contributed by atoms with Gasteiger partial charge in [0.15, 0.2) is 0 Å². The number of hydrogen-bond acceptors (Lipinski definition) is 3. The fraction of sp³-hybridized carbons (Fsp3) is 0.867. The molecule has 0 fully saturated rings. The van der Waals surface area contributed by atoms with Gasteiger partial charge in [-0.05, 0) is 30.6 Å². The van der Waals surface area contributed by atoms with Gasteiger partial charge >= 0.3 is 12.0 Å². The summed E-state index contributed by atoms with van der Waals surface area (Å²) in [7, 11) is 1.63. The van der Waals surface area contributed by atoms with Gasteiger partial charge in [0.05, 0.1) is 0 Å². The van der Waals surface area contributed by atoms with E-state index in [4.69, 9.17) is 9.84 Å². The summed E-state index contributed by atoms with van der Waals surface area (Å²) >= 11 is 0. The van der Waals surface area contributed by atoms with Crippen molar-refractivity contribution in [3.63, 3.8) is 0 Å². The lowest BCUT2D eigenvalue weighted by atomic mass is 9.76. The number of rotatable bonds is 10. The Morgan fingerprint density at radius 2 is 1.76 bits per heavy atom. The van der Waals surface area contributed by atoms with Crippen LogP contribution in [0.15, 0.2) is 0 Å². The molecular formula is C15H30N2O4. The van der Waals surface area contributed by atoms with Crippen LogP contribution in [-0.2, 0) is 9.53 Å². The first-order valence-corrected chi connectivity index (χ1v) is 7.49. The Balaban J connectivity index is 3.96. The topological polar surface area (TPSA) is 87.7 Å². The average molecular weight is 302 g/mol. The fourth-order valence-corrected chi connectivity index (χ4v) is 2.15. The fourth-order valence-electron chi connectivity index (χ4n) is 2.15. The van der Waals surface area contributed by atoms with E-state index >= 15 is 0 Å². The minimum absolute atomic E-state index is 0.0338. The number of carboxylic acid groups (broad SMARTS) is 1. The predicted octanol–water partition coefficient (Wildman–Crippen LogP) is 2.24. The molecule has 0 bridgehead atoms. The summed E-state index contributed by atoms with van der Waals surface area (Å²) in [6.45, 7) is 8.07. The standard InChI is InChI=1S/C15H30N2O4/c1-15(2,3)12(6-7-13(18)19)8-10-17-14(20)16-9-5-11-21-4/h12H,5-11H2,1-4H3,(H,18,19)(H2,16,17,20). The molecule has 1 atom stereocenters. The maximum atomic E-state index is 11.5. The second kappa shape index (κ2) is 10.4. The first-order valence-electron chi connectivity index (χ1n) is 7.49. The lowest BCUT2D eigenvalue weighted by Gasteiger charge is -2.30. The van der Waals surface area contributed by atoms with E-state index in [1.165, 1.54) is 0 Å². The normalized spacial score (nSPS) is 12.8. The zero-order chi connectivity index (χ0) is 16.3. The number of ether oxygens (including phenoxy) is 1. The average Bonchev–Trinajstić information content (AvgIpc) is 2.37. The monoisotopic (exact) mass is 302 g/mol. The molecule has 0 aliphatic heterocycles. The molecule has 0 aromatic heterocycles. The van der Waals surface area contributed by atoms with Crippen molar-refractivity contribution in [2.45, 2.75) is 46.5 Å². The highest BCUT2D eigenvalue weighted by atomic mass is 16.5. The van der Waals surface area contributed by atoms with Crippen LogP contribution in [0.2, 0.25) is 0 Å². The number of hydrogen-bond donors (Lipinski definition) is 3. The third-order valence-corrected chi connectivity index (χ3v) is 3.52. The Kier molecular flexibility index (Phi) is 9.78. The van der Waals surface area contributed by atoms with E-state index in [-0.39, 0.29) is 23.8 Å². The molecule has 124 valence electrons. The van der Waals surface area contributed by atoms with Gasteiger partial charge in [-0.25, -0.2) is 4.79 Å². The molecular weight excluding hydrogens is 272 g/mol. The van der Waals surface area contributed by atoms with Crippen LogP contribution in [0.4, 0.5) is 4.79 Å². The number of carbonyl (C=O) groups is 2. The summed E-state index contributed by atoms with van der Waals surface area (Å²) in [6.07, 6.45) is 2.37. The quantitative estimate of drug-likeness (QED) is 0.540. The second-order valence-corrected chi connectivity index (χ2v) is 6.31. The van der Waals surface area contributed by atoms with Crippen molar-refractivity contribution in [1.29, 1.82) is 0 Å². The van der Waals surface area contributed by atoms with Crippen molar-refractivity contribution in [3.8, 4) is 0 Å². The molecule has 0 heterocycles. The summed E-state index contributed by atoms with van der Waals surface area (Å²) in [4.78, 5) is 22.2. The van der Waals surface area contributed by atoms with Gasteiger partial charge in [-0.3, -0.25) is 4.79 Å². The molecule has 0 saturated heterocycles. The highest BCUT2D eigenvalue weighted by Gasteiger charge is 2.24. The molecule has 0 radical (unpaired) electrons. The Labute approximate surface area is 127 Å². The molecule has 0 rings (SSSR count). The summed E-state index contributed by atoms with van der Waals surface area (Å²) < 4.78 is 4.90. The SMILES string of the molecule is COCCCNC(=O)NCCC(CCC(=O)O)C(C)(C)C. The summed E-state index contributed by atoms with van der Waals surface area (Å²) in [6, 6.07) is -0.183. The molecule has 0 aliphatic rings. The Morgan fingerprint density at radius 3 is 2.29 bits per heavy atom. The number of carboxylic acids is 1. The van der Waals surface area contributed by atoms with Gasteiger partial charge in [0.2, 0.25) is 0 Å². The van der Waals surface area contributed by atoms with Gasteiger partial charge in [-0.2, -0.15) is 0 Å². The van der Waals surface area contributed by atoms with E-state index in [0.717, 1.165) is 12.8 Å². The molecule has 0 spiro atoms. The third-order valence-electron chi connectivity index (χ3n) is 3.52. The minimum Gasteiger partial charge on any atom is -0.481 e. The number of methoxy groups -OCH3 is 1. The van der Waals surface area contributed by atoms with Crippen molar-refractivity contribution in [2.75, 3.05) is 26.8 Å². The number of carbonyl (C=O) groups excluding carboxylic acids is 1. The van der Waals surface area contributed by atoms with E-state index < -0.39 is 5.97 Å². The molecule has 1 unspecified atom stereocenters. The molecule has 0 aliphatic carbocycles. The molecule has 2 amide bonds. The van der Waals surface area contributed by atoms with Gasteiger partial charge in [0, 0.05) is 33.2 Å². The second-order valence-electron chi connectivity index (χ2n) is 6.31. The van der Waals surface area contributed by atoms with Crippen LogP contribution in [0, 0.1) is 11.3 Å². The van der Waals surface area contributed by atoms with Crippen molar-refractivity contribution in [2.24, 2.45) is 11.3 Å². The van der Waals surface area contributed by atoms with Crippen LogP contribution in [0.1, 0.15) is 46.5 Å². The Bertz CT molecular complexity index is 313. The first kappa shape index (κ1) is 19.7. The molecule has 6 nitrogen and oxygen atoms in total. The van der Waals surface area contributed by atoms with Gasteiger partial charge in [-0.1, -0.05) is 20.8 Å². The molecule has 0 aromatic carbocycles. The number of aliphatic carboxylic acids is 1. The molecule has 0 aromatic rings. The third kappa shape index (κ3) is 11.1. The molecule has 3 N–H and O–H groups in total.